The third-order valence-corrected chi connectivity index (χ3v) is 7.69. The smallest absolute Gasteiger partial charge is 0.408 e. The van der Waals surface area contributed by atoms with Gasteiger partial charge < -0.3 is 14.9 Å². The number of amides is 1. The molecule has 0 spiro atoms. The first-order valence-electron chi connectivity index (χ1n) is 14.1. The minimum atomic E-state index is -1.27. The molecule has 4 aromatic rings. The van der Waals surface area contributed by atoms with Crippen LogP contribution in [-0.4, -0.2) is 65.1 Å². The molecule has 0 saturated carbocycles. The number of halogens is 2. The first kappa shape index (κ1) is 30.8. The topological polar surface area (TPSA) is 133 Å². The van der Waals surface area contributed by atoms with Crippen molar-refractivity contribution in [2.45, 2.75) is 64.1 Å². The molecule has 3 aromatic heterocycles. The summed E-state index contributed by atoms with van der Waals surface area (Å²) in [5.74, 6) is 4.25. The lowest BCUT2D eigenvalue weighted by molar-refractivity contribution is -0.0262. The molecule has 0 aliphatic carbocycles. The number of hydrogen-bond acceptors (Lipinski definition) is 6. The number of nitrogens with one attached hydrogen (secondary N) is 1. The van der Waals surface area contributed by atoms with Gasteiger partial charge in [-0.1, -0.05) is 5.92 Å². The fourth-order valence-corrected chi connectivity index (χ4v) is 5.62. The number of aliphatic hydroxyl groups is 1. The molecule has 12 heteroatoms. The van der Waals surface area contributed by atoms with Crippen LogP contribution in [0.1, 0.15) is 62.3 Å². The van der Waals surface area contributed by atoms with Crippen molar-refractivity contribution in [2.75, 3.05) is 13.2 Å². The fraction of sp³-hybridized carbons (Fsp3) is 0.375. The van der Waals surface area contributed by atoms with Crippen molar-refractivity contribution >= 4 is 11.7 Å². The molecule has 0 bridgehead atoms. The number of aromatic nitrogens is 4. The molecule has 5 rings (SSSR count). The summed E-state index contributed by atoms with van der Waals surface area (Å²) in [5, 5.41) is 27.9. The summed E-state index contributed by atoms with van der Waals surface area (Å²) in [6.07, 6.45) is -0.732. The zero-order chi connectivity index (χ0) is 31.8. The first-order chi connectivity index (χ1) is 20.8. The summed E-state index contributed by atoms with van der Waals surface area (Å²) in [7, 11) is 0. The second kappa shape index (κ2) is 11.8. The van der Waals surface area contributed by atoms with Gasteiger partial charge >= 0.3 is 11.8 Å². The normalized spacial score (nSPS) is 15.4. The van der Waals surface area contributed by atoms with E-state index in [2.05, 4.69) is 22.0 Å². The summed E-state index contributed by atoms with van der Waals surface area (Å²) in [6, 6.07) is 8.79. The highest BCUT2D eigenvalue weighted by Crippen LogP contribution is 2.38. The second-order valence-corrected chi connectivity index (χ2v) is 11.9. The highest BCUT2D eigenvalue weighted by molar-refractivity contribution is 5.73. The van der Waals surface area contributed by atoms with E-state index >= 15 is 0 Å². The van der Waals surface area contributed by atoms with Crippen LogP contribution in [0.4, 0.5) is 13.6 Å². The van der Waals surface area contributed by atoms with Crippen LogP contribution in [0.3, 0.4) is 0 Å². The number of aryl methyl sites for hydroxylation is 1. The average molecular weight is 606 g/mol. The second-order valence-electron chi connectivity index (χ2n) is 11.9. The average Bonchev–Trinajstić information content (AvgIpc) is 3.32. The molecule has 1 aliphatic heterocycles. The Balaban J connectivity index is 1.76. The van der Waals surface area contributed by atoms with Crippen LogP contribution in [0.2, 0.25) is 0 Å². The van der Waals surface area contributed by atoms with Gasteiger partial charge in [0.15, 0.2) is 5.65 Å². The molecule has 4 heterocycles. The standard InChI is InChI=1S/C32H33F2N5O5/c1-19-24(7-8-27-36-37-29(40)38(19)27)25-6-5-23(9-10-32(43)11-13-44-14-12-32)35-28(25)26(39(30(41)42)31(2,3)4)17-20-15-21(33)18-22(34)16-20/h5-8,15-16,18,26,43H,11-14,17H2,1-4H3,(H,37,40)(H,41,42)/t26-/m0/s1. The number of rotatable bonds is 5. The van der Waals surface area contributed by atoms with E-state index < -0.39 is 40.6 Å². The maximum absolute atomic E-state index is 14.3. The Morgan fingerprint density at radius 2 is 1.80 bits per heavy atom. The molecule has 0 unspecified atom stereocenters. The van der Waals surface area contributed by atoms with Crippen molar-refractivity contribution in [3.63, 3.8) is 0 Å². The number of carbonyl (C=O) groups is 1. The predicted molar refractivity (Wildman–Crippen MR) is 158 cm³/mol. The van der Waals surface area contributed by atoms with Crippen LogP contribution >= 0.6 is 0 Å². The number of fused-ring (bicyclic) bond motifs is 1. The largest absolute Gasteiger partial charge is 0.465 e. The van der Waals surface area contributed by atoms with Gasteiger partial charge in [0.05, 0.1) is 24.9 Å². The van der Waals surface area contributed by atoms with E-state index in [1.165, 1.54) is 9.30 Å². The number of H-pyrrole nitrogens is 1. The molecule has 1 aliphatic rings. The van der Waals surface area contributed by atoms with Gasteiger partial charge in [-0.2, -0.15) is 5.10 Å². The van der Waals surface area contributed by atoms with Crippen LogP contribution in [-0.2, 0) is 11.2 Å². The van der Waals surface area contributed by atoms with E-state index in [4.69, 9.17) is 9.72 Å². The van der Waals surface area contributed by atoms with Crippen molar-refractivity contribution in [1.82, 2.24) is 24.5 Å². The number of aromatic amines is 1. The summed E-state index contributed by atoms with van der Waals surface area (Å²) >= 11 is 0. The van der Waals surface area contributed by atoms with E-state index in [0.717, 1.165) is 18.2 Å². The molecule has 0 radical (unpaired) electrons. The van der Waals surface area contributed by atoms with E-state index in [-0.39, 0.29) is 23.4 Å². The predicted octanol–water partition coefficient (Wildman–Crippen LogP) is 4.63. The molecule has 1 fully saturated rings. The zero-order valence-corrected chi connectivity index (χ0v) is 24.8. The Morgan fingerprint density at radius 1 is 1.14 bits per heavy atom. The molecule has 10 nitrogen and oxygen atoms in total. The maximum atomic E-state index is 14.3. The van der Waals surface area contributed by atoms with Crippen LogP contribution in [0.15, 0.2) is 47.3 Å². The zero-order valence-electron chi connectivity index (χ0n) is 24.8. The highest BCUT2D eigenvalue weighted by atomic mass is 19.1. The van der Waals surface area contributed by atoms with Crippen LogP contribution in [0.5, 0.6) is 0 Å². The first-order valence-corrected chi connectivity index (χ1v) is 14.1. The number of benzene rings is 1. The molecular weight excluding hydrogens is 572 g/mol. The van der Waals surface area contributed by atoms with Gasteiger partial charge in [0.2, 0.25) is 0 Å². The molecule has 1 aromatic carbocycles. The third-order valence-electron chi connectivity index (χ3n) is 7.69. The fourth-order valence-electron chi connectivity index (χ4n) is 5.62. The summed E-state index contributed by atoms with van der Waals surface area (Å²) < 4.78 is 35.4. The molecule has 1 saturated heterocycles. The quantitative estimate of drug-likeness (QED) is 0.283. The lowest BCUT2D eigenvalue weighted by Gasteiger charge is -2.40. The minimum absolute atomic E-state index is 0.122. The van der Waals surface area contributed by atoms with E-state index in [1.54, 1.807) is 52.0 Å². The Hall–Kier alpha value is -4.60. The number of ether oxygens (including phenoxy) is 1. The number of hydrogen-bond donors (Lipinski definition) is 3. The molecule has 1 amide bonds. The Labute approximate surface area is 252 Å². The van der Waals surface area contributed by atoms with Gasteiger partial charge in [-0.15, -0.1) is 0 Å². The van der Waals surface area contributed by atoms with Crippen molar-refractivity contribution in [1.29, 1.82) is 0 Å². The van der Waals surface area contributed by atoms with Crippen LogP contribution in [0.25, 0.3) is 16.8 Å². The van der Waals surface area contributed by atoms with Gasteiger partial charge in [-0.25, -0.2) is 32.9 Å². The number of nitrogens with zero attached hydrogens (tertiary/aromatic N) is 4. The molecule has 230 valence electrons. The van der Waals surface area contributed by atoms with Gasteiger partial charge in [0, 0.05) is 41.3 Å². The lowest BCUT2D eigenvalue weighted by Crippen LogP contribution is -2.48. The minimum Gasteiger partial charge on any atom is -0.465 e. The Kier molecular flexibility index (Phi) is 8.29. The molecule has 44 heavy (non-hydrogen) atoms. The van der Waals surface area contributed by atoms with Gasteiger partial charge in [-0.3, -0.25) is 4.90 Å². The number of carboxylic acid groups (broad SMARTS) is 1. The van der Waals surface area contributed by atoms with Crippen molar-refractivity contribution in [3.8, 4) is 23.0 Å². The molecule has 3 N–H and O–H groups in total. The monoisotopic (exact) mass is 605 g/mol. The van der Waals surface area contributed by atoms with E-state index in [0.29, 0.717) is 48.5 Å². The molecular formula is C32H33F2N5O5. The van der Waals surface area contributed by atoms with Crippen molar-refractivity contribution in [2.24, 2.45) is 0 Å². The SMILES string of the molecule is Cc1c(-c2ccc(C#CC3(O)CCOCC3)nc2[C@H](Cc2cc(F)cc(F)c2)N(C(=O)O)C(C)(C)C)ccc2n[nH]c(=O)n12. The van der Waals surface area contributed by atoms with Crippen molar-refractivity contribution < 1.29 is 28.5 Å². The van der Waals surface area contributed by atoms with Gasteiger partial charge in [0.25, 0.3) is 0 Å². The highest BCUT2D eigenvalue weighted by Gasteiger charge is 2.37. The summed E-state index contributed by atoms with van der Waals surface area (Å²) in [4.78, 5) is 31.5. The van der Waals surface area contributed by atoms with E-state index in [9.17, 15) is 28.6 Å². The third kappa shape index (κ3) is 6.34. The summed E-state index contributed by atoms with van der Waals surface area (Å²) in [5.41, 5.74) is 0.0389. The van der Waals surface area contributed by atoms with Crippen LogP contribution in [0, 0.1) is 30.4 Å². The number of pyridine rings is 2. The Morgan fingerprint density at radius 3 is 2.43 bits per heavy atom. The maximum Gasteiger partial charge on any atom is 0.408 e. The summed E-state index contributed by atoms with van der Waals surface area (Å²) in [6.45, 7) is 7.60. The molecule has 1 atom stereocenters. The lowest BCUT2D eigenvalue weighted by atomic mass is 9.90. The van der Waals surface area contributed by atoms with Crippen molar-refractivity contribution in [3.05, 3.63) is 87.2 Å². The van der Waals surface area contributed by atoms with Gasteiger partial charge in [-0.05, 0) is 82.0 Å². The van der Waals surface area contributed by atoms with Gasteiger partial charge in [0.1, 0.15) is 22.9 Å². The van der Waals surface area contributed by atoms with E-state index in [1.807, 2.05) is 0 Å². The Bertz CT molecular complexity index is 1820. The van der Waals surface area contributed by atoms with Crippen LogP contribution < -0.4 is 5.69 Å².